The summed E-state index contributed by atoms with van der Waals surface area (Å²) >= 11 is 1.93. The number of rotatable bonds is 7. The van der Waals surface area contributed by atoms with Crippen LogP contribution in [0.5, 0.6) is 0 Å². The summed E-state index contributed by atoms with van der Waals surface area (Å²) in [6.07, 6.45) is 1.19. The Morgan fingerprint density at radius 2 is 1.86 bits per heavy atom. The summed E-state index contributed by atoms with van der Waals surface area (Å²) < 4.78 is 12.3. The molecule has 0 radical (unpaired) electrons. The molecular formula is C21H28IN3OS2. The van der Waals surface area contributed by atoms with Crippen LogP contribution in [-0.2, 0) is 10.8 Å². The number of hydrogen-bond donors (Lipinski definition) is 1. The van der Waals surface area contributed by atoms with Crippen molar-refractivity contribution in [2.24, 2.45) is 10.9 Å². The van der Waals surface area contributed by atoms with Crippen LogP contribution in [-0.4, -0.2) is 53.3 Å². The fourth-order valence-electron chi connectivity index (χ4n) is 3.17. The molecule has 0 aromatic heterocycles. The molecule has 0 amide bonds. The molecule has 2 atom stereocenters. The molecule has 1 fully saturated rings. The second-order valence-corrected chi connectivity index (χ2v) is 9.23. The summed E-state index contributed by atoms with van der Waals surface area (Å²) in [6.45, 7) is 2.72. The number of benzene rings is 2. The lowest BCUT2D eigenvalue weighted by Gasteiger charge is -2.21. The normalized spacial score (nSPS) is 17.8. The number of nitrogens with one attached hydrogen (secondary N) is 1. The number of thioether (sulfide) groups is 1. The van der Waals surface area contributed by atoms with Crippen molar-refractivity contribution in [3.05, 3.63) is 60.7 Å². The first-order valence-electron chi connectivity index (χ1n) is 9.33. The summed E-state index contributed by atoms with van der Waals surface area (Å²) in [5.74, 6) is 3.32. The maximum atomic E-state index is 12.3. The van der Waals surface area contributed by atoms with Crippen LogP contribution in [0.15, 0.2) is 75.4 Å². The van der Waals surface area contributed by atoms with Gasteiger partial charge in [-0.3, -0.25) is 9.20 Å². The minimum Gasteiger partial charge on any atom is -0.355 e. The molecular weight excluding hydrogens is 501 g/mol. The molecule has 2 unspecified atom stereocenters. The van der Waals surface area contributed by atoms with E-state index in [9.17, 15) is 4.21 Å². The van der Waals surface area contributed by atoms with Gasteiger partial charge < -0.3 is 10.2 Å². The van der Waals surface area contributed by atoms with Gasteiger partial charge in [0.05, 0.1) is 10.8 Å². The molecule has 3 rings (SSSR count). The van der Waals surface area contributed by atoms with Gasteiger partial charge >= 0.3 is 0 Å². The van der Waals surface area contributed by atoms with Crippen LogP contribution in [0.2, 0.25) is 0 Å². The van der Waals surface area contributed by atoms with Crippen LogP contribution in [0.4, 0.5) is 0 Å². The second-order valence-electron chi connectivity index (χ2n) is 6.56. The largest absolute Gasteiger partial charge is 0.355 e. The molecule has 7 heteroatoms. The Hall–Kier alpha value is -1.06. The molecule has 2 aromatic rings. The number of aliphatic imine (C=N–C) groups is 1. The van der Waals surface area contributed by atoms with Gasteiger partial charge in [0.1, 0.15) is 0 Å². The van der Waals surface area contributed by atoms with Crippen molar-refractivity contribution in [1.29, 1.82) is 0 Å². The molecule has 0 aliphatic carbocycles. The molecule has 28 heavy (non-hydrogen) atoms. The van der Waals surface area contributed by atoms with Crippen molar-refractivity contribution < 1.29 is 4.21 Å². The molecule has 1 aliphatic rings. The molecule has 1 saturated heterocycles. The van der Waals surface area contributed by atoms with Crippen molar-refractivity contribution >= 4 is 52.5 Å². The highest BCUT2D eigenvalue weighted by Crippen LogP contribution is 2.25. The standard InChI is InChI=1S/C21H27N3OS2.HI/c1-22-21(23-13-15-27(25)20-10-6-3-7-11-20)24-14-12-18(16-24)17-26-19-8-4-2-5-9-19;/h2-11,18H,12-17H2,1H3,(H,22,23);1H. The predicted octanol–water partition coefficient (Wildman–Crippen LogP) is 4.10. The molecule has 152 valence electrons. The van der Waals surface area contributed by atoms with E-state index in [4.69, 9.17) is 0 Å². The van der Waals surface area contributed by atoms with E-state index >= 15 is 0 Å². The maximum Gasteiger partial charge on any atom is 0.193 e. The summed E-state index contributed by atoms with van der Waals surface area (Å²) in [5, 5.41) is 3.38. The van der Waals surface area contributed by atoms with Crippen molar-refractivity contribution in [3.8, 4) is 0 Å². The van der Waals surface area contributed by atoms with Crippen molar-refractivity contribution in [3.63, 3.8) is 0 Å². The third-order valence-electron chi connectivity index (χ3n) is 4.60. The quantitative estimate of drug-likeness (QED) is 0.254. The van der Waals surface area contributed by atoms with E-state index in [1.165, 1.54) is 11.3 Å². The lowest BCUT2D eigenvalue weighted by molar-refractivity contribution is 0.476. The number of guanidine groups is 1. The van der Waals surface area contributed by atoms with E-state index in [0.717, 1.165) is 29.7 Å². The van der Waals surface area contributed by atoms with Gasteiger partial charge in [-0.25, -0.2) is 0 Å². The second kappa shape index (κ2) is 12.5. The molecule has 4 nitrogen and oxygen atoms in total. The average molecular weight is 530 g/mol. The SMILES string of the molecule is CN=C(NCCS(=O)c1ccccc1)N1CCC(CSc2ccccc2)C1.I. The first-order chi connectivity index (χ1) is 13.3. The topological polar surface area (TPSA) is 44.7 Å². The highest BCUT2D eigenvalue weighted by Gasteiger charge is 2.24. The molecule has 2 aromatic carbocycles. The third kappa shape index (κ3) is 7.08. The maximum absolute atomic E-state index is 12.3. The first-order valence-corrected chi connectivity index (χ1v) is 11.6. The lowest BCUT2D eigenvalue weighted by atomic mass is 10.2. The Balaban J connectivity index is 0.00000280. The van der Waals surface area contributed by atoms with Gasteiger partial charge in [-0.15, -0.1) is 35.7 Å². The summed E-state index contributed by atoms with van der Waals surface area (Å²) in [5.41, 5.74) is 0. The Morgan fingerprint density at radius 1 is 1.18 bits per heavy atom. The van der Waals surface area contributed by atoms with E-state index in [1.807, 2.05) is 49.1 Å². The van der Waals surface area contributed by atoms with Crippen LogP contribution in [0.25, 0.3) is 0 Å². The van der Waals surface area contributed by atoms with E-state index in [-0.39, 0.29) is 24.0 Å². The van der Waals surface area contributed by atoms with E-state index < -0.39 is 10.8 Å². The van der Waals surface area contributed by atoms with Crippen LogP contribution in [0, 0.1) is 5.92 Å². The molecule has 0 saturated carbocycles. The first kappa shape index (κ1) is 23.2. The predicted molar refractivity (Wildman–Crippen MR) is 131 cm³/mol. The Labute approximate surface area is 192 Å². The number of halogens is 1. The van der Waals surface area contributed by atoms with Crippen molar-refractivity contribution in [2.45, 2.75) is 16.2 Å². The zero-order valence-corrected chi connectivity index (χ0v) is 20.1. The number of nitrogens with zero attached hydrogens (tertiary/aromatic N) is 2. The van der Waals surface area contributed by atoms with Crippen LogP contribution < -0.4 is 5.32 Å². The number of hydrogen-bond acceptors (Lipinski definition) is 3. The molecule has 0 spiro atoms. The molecule has 1 N–H and O–H groups in total. The minimum atomic E-state index is -0.974. The lowest BCUT2D eigenvalue weighted by Crippen LogP contribution is -2.41. The van der Waals surface area contributed by atoms with Gasteiger partial charge in [0.2, 0.25) is 0 Å². The fourth-order valence-corrected chi connectivity index (χ4v) is 5.20. The number of likely N-dealkylation sites (tertiary alicyclic amines) is 1. The van der Waals surface area contributed by atoms with Gasteiger partial charge in [-0.05, 0) is 36.6 Å². The summed E-state index contributed by atoms with van der Waals surface area (Å²) in [6, 6.07) is 20.2. The minimum absolute atomic E-state index is 0. The van der Waals surface area contributed by atoms with E-state index in [1.54, 1.807) is 0 Å². The summed E-state index contributed by atoms with van der Waals surface area (Å²) in [4.78, 5) is 8.96. The third-order valence-corrected chi connectivity index (χ3v) is 7.22. The van der Waals surface area contributed by atoms with E-state index in [0.29, 0.717) is 18.2 Å². The van der Waals surface area contributed by atoms with E-state index in [2.05, 4.69) is 45.5 Å². The molecule has 0 bridgehead atoms. The Morgan fingerprint density at radius 3 is 2.54 bits per heavy atom. The fraction of sp³-hybridized carbons (Fsp3) is 0.381. The highest BCUT2D eigenvalue weighted by atomic mass is 127. The zero-order chi connectivity index (χ0) is 18.9. The Bertz CT molecular complexity index is 759. The zero-order valence-electron chi connectivity index (χ0n) is 16.1. The highest BCUT2D eigenvalue weighted by molar-refractivity contribution is 14.0. The van der Waals surface area contributed by atoms with Crippen LogP contribution in [0.1, 0.15) is 6.42 Å². The summed E-state index contributed by atoms with van der Waals surface area (Å²) in [7, 11) is 0.848. The average Bonchev–Trinajstić information content (AvgIpc) is 3.20. The van der Waals surface area contributed by atoms with Crippen LogP contribution in [0.3, 0.4) is 0 Å². The van der Waals surface area contributed by atoms with Crippen molar-refractivity contribution in [2.75, 3.05) is 38.2 Å². The van der Waals surface area contributed by atoms with Gasteiger partial charge in [0.15, 0.2) is 5.96 Å². The Kier molecular flexibility index (Phi) is 10.4. The van der Waals surface area contributed by atoms with Gasteiger partial charge in [-0.1, -0.05) is 36.4 Å². The molecule has 1 heterocycles. The van der Waals surface area contributed by atoms with Crippen LogP contribution >= 0.6 is 35.7 Å². The van der Waals surface area contributed by atoms with Crippen molar-refractivity contribution in [1.82, 2.24) is 10.2 Å². The smallest absolute Gasteiger partial charge is 0.193 e. The molecule has 1 aliphatic heterocycles. The monoisotopic (exact) mass is 529 g/mol. The van der Waals surface area contributed by atoms with Gasteiger partial charge in [-0.2, -0.15) is 0 Å². The van der Waals surface area contributed by atoms with Gasteiger partial charge in [0.25, 0.3) is 0 Å². The van der Waals surface area contributed by atoms with Gasteiger partial charge in [0, 0.05) is 48.0 Å².